The second-order valence-electron chi connectivity index (χ2n) is 3.80. The van der Waals surface area contributed by atoms with Gasteiger partial charge in [-0.1, -0.05) is 19.8 Å². The molecule has 0 aromatic carbocycles. The molecule has 0 aliphatic heterocycles. The summed E-state index contributed by atoms with van der Waals surface area (Å²) in [5.74, 6) is 1.31. The molecule has 1 fully saturated rings. The van der Waals surface area contributed by atoms with Crippen molar-refractivity contribution in [3.05, 3.63) is 0 Å². The van der Waals surface area contributed by atoms with Crippen molar-refractivity contribution in [1.29, 1.82) is 0 Å². The van der Waals surface area contributed by atoms with Crippen LogP contribution in [0, 0.1) is 11.8 Å². The third-order valence-electron chi connectivity index (χ3n) is 2.63. The molecule has 0 radical (unpaired) electrons. The van der Waals surface area contributed by atoms with Crippen LogP contribution in [0.15, 0.2) is 0 Å². The molecule has 0 bridgehead atoms. The molecule has 1 amide bonds. The summed E-state index contributed by atoms with van der Waals surface area (Å²) in [5.41, 5.74) is 5.12. The Labute approximate surface area is 68.2 Å². The quantitative estimate of drug-likeness (QED) is 0.648. The smallest absolute Gasteiger partial charge is 0.217 e. The molecule has 0 atom stereocenters. The van der Waals surface area contributed by atoms with Gasteiger partial charge in [-0.2, -0.15) is 0 Å². The maximum atomic E-state index is 10.6. The Hall–Kier alpha value is -0.530. The number of nitrogens with two attached hydrogens (primary N) is 1. The van der Waals surface area contributed by atoms with Gasteiger partial charge >= 0.3 is 0 Å². The number of carbonyl (C=O) groups is 1. The first-order chi connectivity index (χ1) is 5.18. The van der Waals surface area contributed by atoms with Crippen molar-refractivity contribution < 1.29 is 4.79 Å². The molecule has 0 spiro atoms. The Morgan fingerprint density at radius 3 is 2.36 bits per heavy atom. The lowest BCUT2D eigenvalue weighted by molar-refractivity contribution is -0.119. The summed E-state index contributed by atoms with van der Waals surface area (Å²) < 4.78 is 0. The number of hydrogen-bond acceptors (Lipinski definition) is 1. The Kier molecular flexibility index (Phi) is 2.92. The molecule has 1 saturated carbocycles. The molecule has 0 aromatic rings. The first kappa shape index (κ1) is 8.57. The highest BCUT2D eigenvalue weighted by molar-refractivity contribution is 5.73. The minimum atomic E-state index is -0.135. The highest BCUT2D eigenvalue weighted by Crippen LogP contribution is 2.29. The van der Waals surface area contributed by atoms with Crippen LogP contribution >= 0.6 is 0 Å². The standard InChI is InChI=1S/C9H17NO/c1-7-2-4-8(5-3-7)6-9(10)11/h7-8H,2-6H2,1H3,(H2,10,11). The molecule has 0 saturated heterocycles. The van der Waals surface area contributed by atoms with Crippen LogP contribution < -0.4 is 5.73 Å². The van der Waals surface area contributed by atoms with E-state index < -0.39 is 0 Å². The van der Waals surface area contributed by atoms with Gasteiger partial charge in [0.2, 0.25) is 5.91 Å². The Balaban J connectivity index is 2.22. The molecule has 0 heterocycles. The van der Waals surface area contributed by atoms with E-state index in [1.54, 1.807) is 0 Å². The molecule has 2 N–H and O–H groups in total. The zero-order valence-corrected chi connectivity index (χ0v) is 7.18. The van der Waals surface area contributed by atoms with Gasteiger partial charge in [0.05, 0.1) is 0 Å². The molecule has 11 heavy (non-hydrogen) atoms. The fourth-order valence-electron chi connectivity index (χ4n) is 1.82. The average Bonchev–Trinajstić information content (AvgIpc) is 1.93. The highest BCUT2D eigenvalue weighted by atomic mass is 16.1. The van der Waals surface area contributed by atoms with Crippen molar-refractivity contribution in [2.75, 3.05) is 0 Å². The number of carbonyl (C=O) groups excluding carboxylic acids is 1. The number of rotatable bonds is 2. The molecule has 1 aliphatic carbocycles. The second kappa shape index (κ2) is 3.74. The molecule has 0 aromatic heterocycles. The third-order valence-corrected chi connectivity index (χ3v) is 2.63. The SMILES string of the molecule is CC1CCC(CC(N)=O)CC1. The van der Waals surface area contributed by atoms with Gasteiger partial charge in [-0.25, -0.2) is 0 Å². The Morgan fingerprint density at radius 2 is 1.91 bits per heavy atom. The predicted octanol–water partition coefficient (Wildman–Crippen LogP) is 1.69. The summed E-state index contributed by atoms with van der Waals surface area (Å²) in [7, 11) is 0. The largest absolute Gasteiger partial charge is 0.370 e. The summed E-state index contributed by atoms with van der Waals surface area (Å²) in [5, 5.41) is 0. The van der Waals surface area contributed by atoms with Crippen molar-refractivity contribution in [2.45, 2.75) is 39.0 Å². The van der Waals surface area contributed by atoms with Crippen LogP contribution in [-0.4, -0.2) is 5.91 Å². The van der Waals surface area contributed by atoms with Gasteiger partial charge in [0, 0.05) is 6.42 Å². The monoisotopic (exact) mass is 155 g/mol. The van der Waals surface area contributed by atoms with Crippen molar-refractivity contribution >= 4 is 5.91 Å². The van der Waals surface area contributed by atoms with E-state index in [-0.39, 0.29) is 5.91 Å². The van der Waals surface area contributed by atoms with E-state index >= 15 is 0 Å². The number of hydrogen-bond donors (Lipinski definition) is 1. The lowest BCUT2D eigenvalue weighted by atomic mass is 9.81. The van der Waals surface area contributed by atoms with Gasteiger partial charge in [0.25, 0.3) is 0 Å². The molecular weight excluding hydrogens is 138 g/mol. The first-order valence-electron chi connectivity index (χ1n) is 4.46. The summed E-state index contributed by atoms with van der Waals surface area (Å²) in [6.45, 7) is 2.28. The predicted molar refractivity (Wildman–Crippen MR) is 44.9 cm³/mol. The van der Waals surface area contributed by atoms with Crippen LogP contribution in [0.2, 0.25) is 0 Å². The normalized spacial score (nSPS) is 31.7. The van der Waals surface area contributed by atoms with Crippen molar-refractivity contribution in [3.63, 3.8) is 0 Å². The molecule has 1 rings (SSSR count). The number of amides is 1. The highest BCUT2D eigenvalue weighted by Gasteiger charge is 2.19. The Morgan fingerprint density at radius 1 is 1.36 bits per heavy atom. The van der Waals surface area contributed by atoms with Crippen LogP contribution in [-0.2, 0) is 4.79 Å². The fourth-order valence-corrected chi connectivity index (χ4v) is 1.82. The molecule has 1 aliphatic rings. The maximum absolute atomic E-state index is 10.6. The van der Waals surface area contributed by atoms with E-state index in [2.05, 4.69) is 6.92 Å². The summed E-state index contributed by atoms with van der Waals surface area (Å²) in [4.78, 5) is 10.6. The van der Waals surface area contributed by atoms with E-state index in [1.165, 1.54) is 25.7 Å². The van der Waals surface area contributed by atoms with Crippen LogP contribution in [0.4, 0.5) is 0 Å². The van der Waals surface area contributed by atoms with Crippen molar-refractivity contribution in [2.24, 2.45) is 17.6 Å². The third kappa shape index (κ3) is 2.91. The topological polar surface area (TPSA) is 43.1 Å². The maximum Gasteiger partial charge on any atom is 0.217 e. The minimum absolute atomic E-state index is 0.135. The van der Waals surface area contributed by atoms with Crippen LogP contribution in [0.3, 0.4) is 0 Å². The number of primary amides is 1. The van der Waals surface area contributed by atoms with Crippen LogP contribution in [0.25, 0.3) is 0 Å². The van der Waals surface area contributed by atoms with Crippen molar-refractivity contribution in [1.82, 2.24) is 0 Å². The zero-order valence-electron chi connectivity index (χ0n) is 7.18. The average molecular weight is 155 g/mol. The second-order valence-corrected chi connectivity index (χ2v) is 3.80. The van der Waals surface area contributed by atoms with Gasteiger partial charge < -0.3 is 5.73 Å². The lowest BCUT2D eigenvalue weighted by Crippen LogP contribution is -2.20. The lowest BCUT2D eigenvalue weighted by Gasteiger charge is -2.24. The molecule has 64 valence electrons. The van der Waals surface area contributed by atoms with E-state index in [1.807, 2.05) is 0 Å². The Bertz CT molecular complexity index is 136. The van der Waals surface area contributed by atoms with E-state index in [0.29, 0.717) is 12.3 Å². The van der Waals surface area contributed by atoms with E-state index in [0.717, 1.165) is 5.92 Å². The van der Waals surface area contributed by atoms with Gasteiger partial charge in [-0.3, -0.25) is 4.79 Å². The van der Waals surface area contributed by atoms with Crippen LogP contribution in [0.1, 0.15) is 39.0 Å². The molecule has 0 unspecified atom stereocenters. The van der Waals surface area contributed by atoms with Gasteiger partial charge in [0.15, 0.2) is 0 Å². The minimum Gasteiger partial charge on any atom is -0.370 e. The van der Waals surface area contributed by atoms with Crippen LogP contribution in [0.5, 0.6) is 0 Å². The van der Waals surface area contributed by atoms with Gasteiger partial charge in [-0.05, 0) is 24.7 Å². The van der Waals surface area contributed by atoms with E-state index in [9.17, 15) is 4.79 Å². The van der Waals surface area contributed by atoms with Crippen molar-refractivity contribution in [3.8, 4) is 0 Å². The first-order valence-corrected chi connectivity index (χ1v) is 4.46. The molecular formula is C9H17NO. The summed E-state index contributed by atoms with van der Waals surface area (Å²) in [6, 6.07) is 0. The van der Waals surface area contributed by atoms with Gasteiger partial charge in [-0.15, -0.1) is 0 Å². The molecule has 2 nitrogen and oxygen atoms in total. The van der Waals surface area contributed by atoms with Gasteiger partial charge in [0.1, 0.15) is 0 Å². The zero-order chi connectivity index (χ0) is 8.27. The molecule has 2 heteroatoms. The fraction of sp³-hybridized carbons (Fsp3) is 0.889. The summed E-state index contributed by atoms with van der Waals surface area (Å²) >= 11 is 0. The van der Waals surface area contributed by atoms with E-state index in [4.69, 9.17) is 5.73 Å². The summed E-state index contributed by atoms with van der Waals surface area (Å²) in [6.07, 6.45) is 5.55.